The molecule has 0 saturated carbocycles. The third-order valence-electron chi connectivity index (χ3n) is 4.84. The highest BCUT2D eigenvalue weighted by Gasteiger charge is 2.24. The lowest BCUT2D eigenvalue weighted by molar-refractivity contribution is 0.141. The van der Waals surface area contributed by atoms with Crippen molar-refractivity contribution < 1.29 is 17.5 Å². The van der Waals surface area contributed by atoms with Crippen LogP contribution in [0.25, 0.3) is 0 Å². The Morgan fingerprint density at radius 2 is 2.14 bits per heavy atom. The van der Waals surface area contributed by atoms with E-state index in [2.05, 4.69) is 20.5 Å². The molecule has 158 valence electrons. The summed E-state index contributed by atoms with van der Waals surface area (Å²) in [6.07, 6.45) is 3.46. The van der Waals surface area contributed by atoms with Gasteiger partial charge in [0, 0.05) is 46.1 Å². The van der Waals surface area contributed by atoms with E-state index in [1.54, 1.807) is 14.2 Å². The molecule has 0 aromatic heterocycles. The second-order valence-electron chi connectivity index (χ2n) is 7.11. The number of halogens is 1. The number of aliphatic imine (C=N–C) groups is 1. The summed E-state index contributed by atoms with van der Waals surface area (Å²) in [7, 11) is 0.180. The Morgan fingerprint density at radius 3 is 2.82 bits per heavy atom. The average molecular weight is 415 g/mol. The van der Waals surface area contributed by atoms with E-state index < -0.39 is 15.7 Å². The van der Waals surface area contributed by atoms with Gasteiger partial charge >= 0.3 is 0 Å². The van der Waals surface area contributed by atoms with Crippen LogP contribution in [0, 0.1) is 5.82 Å². The number of likely N-dealkylation sites (tertiary alicyclic amines) is 1. The van der Waals surface area contributed by atoms with Gasteiger partial charge in [-0.25, -0.2) is 12.8 Å². The smallest absolute Gasteiger partial charge is 0.191 e. The zero-order valence-electron chi connectivity index (χ0n) is 16.9. The van der Waals surface area contributed by atoms with E-state index in [4.69, 9.17) is 4.74 Å². The molecule has 2 N–H and O–H groups in total. The van der Waals surface area contributed by atoms with E-state index in [-0.39, 0.29) is 5.75 Å². The summed E-state index contributed by atoms with van der Waals surface area (Å²) in [6, 6.07) is 4.59. The maximum Gasteiger partial charge on any atom is 0.191 e. The second kappa shape index (κ2) is 10.7. The first-order valence-electron chi connectivity index (χ1n) is 9.45. The predicted octanol–water partition coefficient (Wildman–Crippen LogP) is 1.15. The number of ether oxygens (including phenoxy) is 1. The van der Waals surface area contributed by atoms with Gasteiger partial charge in [-0.05, 0) is 42.6 Å². The fourth-order valence-electron chi connectivity index (χ4n) is 3.43. The molecular formula is C19H31FN4O3S. The van der Waals surface area contributed by atoms with Crippen molar-refractivity contribution in [1.82, 2.24) is 15.5 Å². The maximum absolute atomic E-state index is 13.6. The number of nitrogens with zero attached hydrogens (tertiary/aromatic N) is 2. The number of sulfone groups is 1. The summed E-state index contributed by atoms with van der Waals surface area (Å²) in [6.45, 7) is 3.74. The summed E-state index contributed by atoms with van der Waals surface area (Å²) in [5.41, 5.74) is 1.20. The monoisotopic (exact) mass is 414 g/mol. The van der Waals surface area contributed by atoms with Gasteiger partial charge in [-0.2, -0.15) is 0 Å². The summed E-state index contributed by atoms with van der Waals surface area (Å²) < 4.78 is 42.1. The summed E-state index contributed by atoms with van der Waals surface area (Å²) >= 11 is 0. The third kappa shape index (κ3) is 7.37. The van der Waals surface area contributed by atoms with Gasteiger partial charge in [-0.15, -0.1) is 0 Å². The molecule has 28 heavy (non-hydrogen) atoms. The minimum absolute atomic E-state index is 0.118. The number of rotatable bonds is 9. The quantitative estimate of drug-likeness (QED) is 0.466. The molecule has 9 heteroatoms. The molecule has 0 aliphatic carbocycles. The normalized spacial score (nSPS) is 18.4. The van der Waals surface area contributed by atoms with Crippen LogP contribution in [0.1, 0.15) is 24.0 Å². The second-order valence-corrected chi connectivity index (χ2v) is 9.25. The number of nitrogens with one attached hydrogen (secondary N) is 2. The molecule has 7 nitrogen and oxygen atoms in total. The Hall–Kier alpha value is -1.71. The maximum atomic E-state index is 13.6. The van der Waals surface area contributed by atoms with E-state index in [1.165, 1.54) is 30.9 Å². The molecule has 1 fully saturated rings. The highest BCUT2D eigenvalue weighted by Crippen LogP contribution is 2.16. The van der Waals surface area contributed by atoms with Gasteiger partial charge in [0.25, 0.3) is 0 Å². The van der Waals surface area contributed by atoms with E-state index in [0.717, 1.165) is 26.1 Å². The molecule has 0 amide bonds. The van der Waals surface area contributed by atoms with Gasteiger partial charge in [0.05, 0.1) is 12.4 Å². The van der Waals surface area contributed by atoms with Gasteiger partial charge in [0.2, 0.25) is 0 Å². The molecule has 0 spiro atoms. The van der Waals surface area contributed by atoms with Gasteiger partial charge in [0.1, 0.15) is 5.82 Å². The molecule has 1 heterocycles. The third-order valence-corrected chi connectivity index (χ3v) is 5.68. The Balaban J connectivity index is 1.93. The number of hydrogen-bond acceptors (Lipinski definition) is 5. The lowest BCUT2D eigenvalue weighted by Gasteiger charge is -2.25. The average Bonchev–Trinajstić information content (AvgIpc) is 3.08. The lowest BCUT2D eigenvalue weighted by atomic mass is 10.1. The lowest BCUT2D eigenvalue weighted by Crippen LogP contribution is -2.45. The van der Waals surface area contributed by atoms with Gasteiger partial charge < -0.3 is 15.4 Å². The largest absolute Gasteiger partial charge is 0.383 e. The van der Waals surface area contributed by atoms with Crippen molar-refractivity contribution in [3.05, 3.63) is 35.1 Å². The molecule has 1 aliphatic heterocycles. The molecular weight excluding hydrogens is 383 g/mol. The van der Waals surface area contributed by atoms with Crippen LogP contribution < -0.4 is 10.6 Å². The summed E-state index contributed by atoms with van der Waals surface area (Å²) in [5, 5.41) is 6.47. The Bertz CT molecular complexity index is 770. The van der Waals surface area contributed by atoms with Crippen LogP contribution in [0.15, 0.2) is 23.2 Å². The van der Waals surface area contributed by atoms with Crippen molar-refractivity contribution in [2.75, 3.05) is 46.7 Å². The first-order valence-corrected chi connectivity index (χ1v) is 11.5. The van der Waals surface area contributed by atoms with Crippen molar-refractivity contribution in [3.63, 3.8) is 0 Å². The zero-order valence-corrected chi connectivity index (χ0v) is 17.7. The molecule has 0 radical (unpaired) electrons. The summed E-state index contributed by atoms with van der Waals surface area (Å²) in [5.74, 6) is 0.0947. The molecule has 0 bridgehead atoms. The van der Waals surface area contributed by atoms with Crippen LogP contribution >= 0.6 is 0 Å². The van der Waals surface area contributed by atoms with Crippen LogP contribution in [0.2, 0.25) is 0 Å². The minimum Gasteiger partial charge on any atom is -0.383 e. The predicted molar refractivity (Wildman–Crippen MR) is 110 cm³/mol. The van der Waals surface area contributed by atoms with Gasteiger partial charge in [-0.3, -0.25) is 9.89 Å². The van der Waals surface area contributed by atoms with Crippen LogP contribution in [-0.2, 0) is 26.9 Å². The molecule has 1 aliphatic rings. The first-order chi connectivity index (χ1) is 13.3. The number of hydrogen-bond donors (Lipinski definition) is 2. The van der Waals surface area contributed by atoms with E-state index in [9.17, 15) is 12.8 Å². The number of benzene rings is 1. The topological polar surface area (TPSA) is 83.0 Å². The van der Waals surface area contributed by atoms with E-state index >= 15 is 0 Å². The zero-order chi connectivity index (χ0) is 20.6. The minimum atomic E-state index is -3.20. The number of guanidine groups is 1. The van der Waals surface area contributed by atoms with E-state index in [0.29, 0.717) is 36.3 Å². The van der Waals surface area contributed by atoms with Crippen molar-refractivity contribution in [3.8, 4) is 0 Å². The Kier molecular flexibility index (Phi) is 8.65. The van der Waals surface area contributed by atoms with Gasteiger partial charge in [-0.1, -0.05) is 6.07 Å². The van der Waals surface area contributed by atoms with Crippen LogP contribution in [-0.4, -0.2) is 72.0 Å². The summed E-state index contributed by atoms with van der Waals surface area (Å²) in [4.78, 5) is 6.62. The van der Waals surface area contributed by atoms with Crippen molar-refractivity contribution >= 4 is 15.8 Å². The SMILES string of the molecule is CN=C(NCc1cc(F)ccc1CS(C)(=O)=O)NCC1CCCN1CCOC. The van der Waals surface area contributed by atoms with E-state index in [1.807, 2.05) is 0 Å². The fourth-order valence-corrected chi connectivity index (χ4v) is 4.27. The molecule has 1 atom stereocenters. The molecule has 1 aromatic rings. The fraction of sp³-hybridized carbons (Fsp3) is 0.632. The molecule has 1 saturated heterocycles. The van der Waals surface area contributed by atoms with Crippen LogP contribution in [0.3, 0.4) is 0 Å². The standard InChI is InChI=1S/C19H31FN4O3S/c1-21-19(23-13-18-5-4-8-24(18)9-10-27-2)22-12-16-11-17(20)7-6-15(16)14-28(3,25)26/h6-7,11,18H,4-5,8-10,12-14H2,1-3H3,(H2,21,22,23). The Labute approximate surface area is 167 Å². The van der Waals surface area contributed by atoms with Crippen molar-refractivity contribution in [2.45, 2.75) is 31.2 Å². The van der Waals surface area contributed by atoms with Crippen LogP contribution in [0.5, 0.6) is 0 Å². The number of methoxy groups -OCH3 is 1. The molecule has 1 unspecified atom stereocenters. The van der Waals surface area contributed by atoms with Crippen LogP contribution in [0.4, 0.5) is 4.39 Å². The van der Waals surface area contributed by atoms with Crippen molar-refractivity contribution in [2.24, 2.45) is 4.99 Å². The molecule has 2 rings (SSSR count). The molecule has 1 aromatic carbocycles. The highest BCUT2D eigenvalue weighted by atomic mass is 32.2. The van der Waals surface area contributed by atoms with Gasteiger partial charge in [0.15, 0.2) is 15.8 Å². The van der Waals surface area contributed by atoms with Crippen molar-refractivity contribution in [1.29, 1.82) is 0 Å². The first kappa shape index (κ1) is 22.6. The Morgan fingerprint density at radius 1 is 1.36 bits per heavy atom. The highest BCUT2D eigenvalue weighted by molar-refractivity contribution is 7.89.